The second kappa shape index (κ2) is 8.41. The summed E-state index contributed by atoms with van der Waals surface area (Å²) >= 11 is 0. The van der Waals surface area contributed by atoms with E-state index in [1.54, 1.807) is 30.3 Å². The van der Waals surface area contributed by atoms with Crippen molar-refractivity contribution in [2.75, 3.05) is 13.6 Å². The summed E-state index contributed by atoms with van der Waals surface area (Å²) in [5, 5.41) is 2.52. The molecule has 7 heteroatoms. The van der Waals surface area contributed by atoms with E-state index in [4.69, 9.17) is 4.42 Å². The van der Waals surface area contributed by atoms with Gasteiger partial charge in [0.2, 0.25) is 5.91 Å². The molecule has 1 unspecified atom stereocenters. The summed E-state index contributed by atoms with van der Waals surface area (Å²) in [5.74, 6) is -1.70. The van der Waals surface area contributed by atoms with Gasteiger partial charge >= 0.3 is 0 Å². The average molecular weight is 350 g/mol. The Morgan fingerprint density at radius 1 is 1.28 bits per heavy atom. The van der Waals surface area contributed by atoms with Gasteiger partial charge in [0.25, 0.3) is 5.91 Å². The minimum Gasteiger partial charge on any atom is -0.467 e. The first-order valence-electron chi connectivity index (χ1n) is 7.92. The van der Waals surface area contributed by atoms with Crippen LogP contribution in [0.15, 0.2) is 41.0 Å². The number of furan rings is 1. The predicted octanol–water partition coefficient (Wildman–Crippen LogP) is 3.29. The Labute approximate surface area is 144 Å². The summed E-state index contributed by atoms with van der Waals surface area (Å²) in [6.45, 7) is 2.07. The molecule has 25 heavy (non-hydrogen) atoms. The van der Waals surface area contributed by atoms with Crippen molar-refractivity contribution >= 4 is 11.8 Å². The second-order valence-corrected chi connectivity index (χ2v) is 5.68. The maximum Gasteiger partial charge on any atom is 0.254 e. The molecule has 1 aromatic heterocycles. The first-order valence-corrected chi connectivity index (χ1v) is 7.92. The van der Waals surface area contributed by atoms with Crippen LogP contribution in [-0.4, -0.2) is 30.3 Å². The van der Waals surface area contributed by atoms with Crippen molar-refractivity contribution in [2.45, 2.75) is 25.8 Å². The van der Waals surface area contributed by atoms with Gasteiger partial charge in [0.1, 0.15) is 17.4 Å². The highest BCUT2D eigenvalue weighted by Gasteiger charge is 2.19. The van der Waals surface area contributed by atoms with E-state index in [1.807, 2.05) is 6.92 Å². The van der Waals surface area contributed by atoms with Gasteiger partial charge in [-0.1, -0.05) is 0 Å². The van der Waals surface area contributed by atoms with Crippen LogP contribution in [0, 0.1) is 11.6 Å². The van der Waals surface area contributed by atoms with Crippen LogP contribution in [0.25, 0.3) is 0 Å². The van der Waals surface area contributed by atoms with Gasteiger partial charge in [-0.15, -0.1) is 0 Å². The number of carbonyl (C=O) groups excluding carboxylic acids is 2. The van der Waals surface area contributed by atoms with Crippen molar-refractivity contribution in [1.82, 2.24) is 10.2 Å². The molecule has 0 aliphatic rings. The van der Waals surface area contributed by atoms with Gasteiger partial charge in [-0.25, -0.2) is 8.78 Å². The Morgan fingerprint density at radius 2 is 2.04 bits per heavy atom. The van der Waals surface area contributed by atoms with Gasteiger partial charge in [-0.3, -0.25) is 9.59 Å². The maximum atomic E-state index is 13.5. The zero-order valence-electron chi connectivity index (χ0n) is 14.1. The molecule has 2 rings (SSSR count). The first-order chi connectivity index (χ1) is 11.9. The zero-order chi connectivity index (χ0) is 18.4. The van der Waals surface area contributed by atoms with Crippen molar-refractivity contribution in [3.05, 3.63) is 59.6 Å². The minimum atomic E-state index is -0.916. The molecule has 0 fully saturated rings. The third-order valence-electron chi connectivity index (χ3n) is 3.96. The fourth-order valence-corrected chi connectivity index (χ4v) is 2.32. The van der Waals surface area contributed by atoms with Crippen molar-refractivity contribution in [2.24, 2.45) is 0 Å². The molecular weight excluding hydrogens is 330 g/mol. The molecule has 0 bridgehead atoms. The third kappa shape index (κ3) is 4.89. The smallest absolute Gasteiger partial charge is 0.254 e. The molecule has 0 spiro atoms. The van der Waals surface area contributed by atoms with Gasteiger partial charge < -0.3 is 14.6 Å². The van der Waals surface area contributed by atoms with Crippen LogP contribution in [0.1, 0.15) is 41.9 Å². The molecular formula is C18H20F2N2O3. The van der Waals surface area contributed by atoms with Gasteiger partial charge in [-0.2, -0.15) is 0 Å². The van der Waals surface area contributed by atoms with Gasteiger partial charge in [0.05, 0.1) is 17.9 Å². The van der Waals surface area contributed by atoms with Crippen LogP contribution in [0.4, 0.5) is 8.78 Å². The number of hydrogen-bond acceptors (Lipinski definition) is 3. The number of hydrogen-bond donors (Lipinski definition) is 1. The van der Waals surface area contributed by atoms with Crippen LogP contribution in [0.2, 0.25) is 0 Å². The minimum absolute atomic E-state index is 0.0916. The summed E-state index contributed by atoms with van der Waals surface area (Å²) in [4.78, 5) is 25.6. The highest BCUT2D eigenvalue weighted by atomic mass is 19.1. The van der Waals surface area contributed by atoms with Crippen LogP contribution in [0.3, 0.4) is 0 Å². The SMILES string of the molecule is CC(c1ccco1)N(C)C(=O)CCCNC(=O)c1ccc(F)cc1F. The van der Waals surface area contributed by atoms with E-state index in [9.17, 15) is 18.4 Å². The average Bonchev–Trinajstić information content (AvgIpc) is 3.11. The predicted molar refractivity (Wildman–Crippen MR) is 87.8 cm³/mol. The number of nitrogens with one attached hydrogen (secondary N) is 1. The first kappa shape index (κ1) is 18.6. The molecule has 1 atom stereocenters. The van der Waals surface area contributed by atoms with E-state index in [1.165, 1.54) is 0 Å². The Kier molecular flexibility index (Phi) is 6.27. The summed E-state index contributed by atoms with van der Waals surface area (Å²) in [5.41, 5.74) is -0.226. The second-order valence-electron chi connectivity index (χ2n) is 5.68. The number of benzene rings is 1. The zero-order valence-corrected chi connectivity index (χ0v) is 14.1. The summed E-state index contributed by atoms with van der Waals surface area (Å²) in [6, 6.07) is 6.13. The quantitative estimate of drug-likeness (QED) is 0.780. The molecule has 1 N–H and O–H groups in total. The molecule has 0 aliphatic heterocycles. The number of amides is 2. The summed E-state index contributed by atoms with van der Waals surface area (Å²) in [6.07, 6.45) is 2.19. The Bertz CT molecular complexity index is 732. The number of carbonyl (C=O) groups is 2. The molecule has 5 nitrogen and oxygen atoms in total. The lowest BCUT2D eigenvalue weighted by atomic mass is 10.2. The highest BCUT2D eigenvalue weighted by molar-refractivity contribution is 5.94. The van der Waals surface area contributed by atoms with Gasteiger partial charge in [0, 0.05) is 26.1 Å². The van der Waals surface area contributed by atoms with E-state index < -0.39 is 17.5 Å². The van der Waals surface area contributed by atoms with Crippen molar-refractivity contribution in [1.29, 1.82) is 0 Å². The van der Waals surface area contributed by atoms with E-state index >= 15 is 0 Å². The van der Waals surface area contributed by atoms with E-state index in [0.717, 1.165) is 12.1 Å². The van der Waals surface area contributed by atoms with E-state index in [2.05, 4.69) is 5.32 Å². The molecule has 1 aromatic carbocycles. The standard InChI is InChI=1S/C18H20F2N2O3/c1-12(16-5-4-10-25-16)22(2)17(23)6-3-9-21-18(24)14-8-7-13(19)11-15(14)20/h4-5,7-8,10-12H,3,6,9H2,1-2H3,(H,21,24). The molecule has 0 saturated carbocycles. The molecule has 1 heterocycles. The van der Waals surface area contributed by atoms with E-state index in [-0.39, 0.29) is 30.5 Å². The normalized spacial score (nSPS) is 11.8. The van der Waals surface area contributed by atoms with Crippen molar-refractivity contribution < 1.29 is 22.8 Å². The largest absolute Gasteiger partial charge is 0.467 e. The maximum absolute atomic E-state index is 13.5. The molecule has 0 aliphatic carbocycles. The fraction of sp³-hybridized carbons (Fsp3) is 0.333. The van der Waals surface area contributed by atoms with E-state index in [0.29, 0.717) is 18.2 Å². The number of halogens is 2. The monoisotopic (exact) mass is 350 g/mol. The Hall–Kier alpha value is -2.70. The summed E-state index contributed by atoms with van der Waals surface area (Å²) in [7, 11) is 1.68. The summed E-state index contributed by atoms with van der Waals surface area (Å²) < 4.78 is 31.6. The van der Waals surface area contributed by atoms with Crippen LogP contribution in [-0.2, 0) is 4.79 Å². The van der Waals surface area contributed by atoms with Crippen molar-refractivity contribution in [3.8, 4) is 0 Å². The Balaban J connectivity index is 1.76. The lowest BCUT2D eigenvalue weighted by Gasteiger charge is -2.23. The topological polar surface area (TPSA) is 62.6 Å². The lowest BCUT2D eigenvalue weighted by molar-refractivity contribution is -0.132. The van der Waals surface area contributed by atoms with Gasteiger partial charge in [0.15, 0.2) is 0 Å². The molecule has 2 amide bonds. The van der Waals surface area contributed by atoms with Gasteiger partial charge in [-0.05, 0) is 37.6 Å². The number of nitrogens with zero attached hydrogens (tertiary/aromatic N) is 1. The van der Waals surface area contributed by atoms with Crippen LogP contribution in [0.5, 0.6) is 0 Å². The third-order valence-corrected chi connectivity index (χ3v) is 3.96. The van der Waals surface area contributed by atoms with Crippen LogP contribution >= 0.6 is 0 Å². The highest BCUT2D eigenvalue weighted by Crippen LogP contribution is 2.19. The number of rotatable bonds is 7. The molecule has 0 radical (unpaired) electrons. The lowest BCUT2D eigenvalue weighted by Crippen LogP contribution is -2.31. The Morgan fingerprint density at radius 3 is 2.68 bits per heavy atom. The van der Waals surface area contributed by atoms with Crippen LogP contribution < -0.4 is 5.32 Å². The molecule has 134 valence electrons. The molecule has 0 saturated heterocycles. The van der Waals surface area contributed by atoms with Crippen molar-refractivity contribution in [3.63, 3.8) is 0 Å². The fourth-order valence-electron chi connectivity index (χ4n) is 2.32. The molecule has 2 aromatic rings.